The van der Waals surface area contributed by atoms with E-state index in [1.165, 1.54) is 0 Å². The van der Waals surface area contributed by atoms with Gasteiger partial charge in [-0.1, -0.05) is 13.8 Å². The minimum Gasteiger partial charge on any atom is -0.377 e. The van der Waals surface area contributed by atoms with Crippen LogP contribution in [-0.2, 0) is 14.8 Å². The van der Waals surface area contributed by atoms with E-state index in [0.717, 1.165) is 25.7 Å². The molecule has 0 radical (unpaired) electrons. The van der Waals surface area contributed by atoms with Crippen molar-refractivity contribution in [2.24, 2.45) is 5.41 Å². The van der Waals surface area contributed by atoms with Crippen LogP contribution in [0.25, 0.3) is 0 Å². The van der Waals surface area contributed by atoms with Crippen LogP contribution in [0, 0.1) is 5.41 Å². The lowest BCUT2D eigenvalue weighted by molar-refractivity contribution is 0.127. The standard InChI is InChI=1S/C12H24ClNO3S/c1-12(2,6-4-7-13)10-14-18(15,16)9-11-5-3-8-17-11/h11,14H,3-10H2,1-2H3. The first kappa shape index (κ1) is 16.2. The van der Waals surface area contributed by atoms with Crippen LogP contribution in [0.15, 0.2) is 0 Å². The second kappa shape index (κ2) is 7.08. The normalized spacial score (nSPS) is 21.4. The topological polar surface area (TPSA) is 55.4 Å². The van der Waals surface area contributed by atoms with Crippen molar-refractivity contribution in [1.82, 2.24) is 4.72 Å². The third-order valence-electron chi connectivity index (χ3n) is 3.19. The molecule has 6 heteroatoms. The summed E-state index contributed by atoms with van der Waals surface area (Å²) in [5, 5.41) is 0. The third kappa shape index (κ3) is 6.36. The van der Waals surface area contributed by atoms with E-state index >= 15 is 0 Å². The van der Waals surface area contributed by atoms with Crippen molar-refractivity contribution in [3.63, 3.8) is 0 Å². The fourth-order valence-corrected chi connectivity index (χ4v) is 3.63. The van der Waals surface area contributed by atoms with Gasteiger partial charge in [0, 0.05) is 19.0 Å². The molecule has 1 fully saturated rings. The van der Waals surface area contributed by atoms with Gasteiger partial charge in [-0.05, 0) is 31.1 Å². The van der Waals surface area contributed by atoms with Crippen LogP contribution in [0.1, 0.15) is 39.5 Å². The molecule has 0 aromatic heterocycles. The van der Waals surface area contributed by atoms with Crippen LogP contribution in [0.5, 0.6) is 0 Å². The molecule has 0 bridgehead atoms. The molecule has 1 saturated heterocycles. The molecule has 1 aliphatic heterocycles. The minimum absolute atomic E-state index is 0.0571. The molecular formula is C12H24ClNO3S. The Bertz CT molecular complexity index is 337. The van der Waals surface area contributed by atoms with Crippen LogP contribution >= 0.6 is 11.6 Å². The maximum absolute atomic E-state index is 11.9. The Balaban J connectivity index is 2.35. The molecule has 108 valence electrons. The van der Waals surface area contributed by atoms with E-state index in [4.69, 9.17) is 16.3 Å². The Morgan fingerprint density at radius 1 is 1.44 bits per heavy atom. The van der Waals surface area contributed by atoms with Crippen LogP contribution in [0.2, 0.25) is 0 Å². The molecule has 4 nitrogen and oxygen atoms in total. The summed E-state index contributed by atoms with van der Waals surface area (Å²) in [6.07, 6.45) is 3.49. The summed E-state index contributed by atoms with van der Waals surface area (Å²) >= 11 is 5.66. The van der Waals surface area contributed by atoms with Gasteiger partial charge >= 0.3 is 0 Å². The van der Waals surface area contributed by atoms with Crippen LogP contribution in [0.3, 0.4) is 0 Å². The van der Waals surface area contributed by atoms with Gasteiger partial charge in [-0.25, -0.2) is 13.1 Å². The number of nitrogens with one attached hydrogen (secondary N) is 1. The van der Waals surface area contributed by atoms with Gasteiger partial charge < -0.3 is 4.74 Å². The largest absolute Gasteiger partial charge is 0.377 e. The Morgan fingerprint density at radius 3 is 2.72 bits per heavy atom. The lowest BCUT2D eigenvalue weighted by atomic mass is 9.88. The summed E-state index contributed by atoms with van der Waals surface area (Å²) in [7, 11) is -3.23. The van der Waals surface area contributed by atoms with Crippen molar-refractivity contribution in [1.29, 1.82) is 0 Å². The van der Waals surface area contributed by atoms with E-state index in [-0.39, 0.29) is 17.3 Å². The fourth-order valence-electron chi connectivity index (χ4n) is 2.02. The Morgan fingerprint density at radius 2 is 2.17 bits per heavy atom. The van der Waals surface area contributed by atoms with Crippen LogP contribution in [-0.4, -0.2) is 39.3 Å². The number of halogens is 1. The van der Waals surface area contributed by atoms with Crippen molar-refractivity contribution in [2.45, 2.75) is 45.6 Å². The quantitative estimate of drug-likeness (QED) is 0.698. The average Bonchev–Trinajstić information content (AvgIpc) is 2.76. The van der Waals surface area contributed by atoms with Gasteiger partial charge in [-0.2, -0.15) is 0 Å². The van der Waals surface area contributed by atoms with Gasteiger partial charge in [0.15, 0.2) is 0 Å². The molecule has 18 heavy (non-hydrogen) atoms. The van der Waals surface area contributed by atoms with Gasteiger partial charge in [0.2, 0.25) is 10.0 Å². The SMILES string of the molecule is CC(C)(CCCCl)CNS(=O)(=O)CC1CCCO1. The highest BCUT2D eigenvalue weighted by molar-refractivity contribution is 7.89. The van der Waals surface area contributed by atoms with Gasteiger partial charge in [0.05, 0.1) is 11.9 Å². The summed E-state index contributed by atoms with van der Waals surface area (Å²) in [5.41, 5.74) is -0.0571. The molecule has 0 saturated carbocycles. The van der Waals surface area contributed by atoms with Crippen molar-refractivity contribution in [2.75, 3.05) is 24.8 Å². The minimum atomic E-state index is -3.23. The van der Waals surface area contributed by atoms with Crippen molar-refractivity contribution in [3.8, 4) is 0 Å². The molecule has 1 atom stereocenters. The van der Waals surface area contributed by atoms with E-state index in [1.807, 2.05) is 13.8 Å². The van der Waals surface area contributed by atoms with Gasteiger partial charge in [-0.3, -0.25) is 0 Å². The lowest BCUT2D eigenvalue weighted by Crippen LogP contribution is -2.38. The van der Waals surface area contributed by atoms with Gasteiger partial charge in [0.25, 0.3) is 0 Å². The first-order chi connectivity index (χ1) is 8.35. The van der Waals surface area contributed by atoms with Crippen molar-refractivity contribution in [3.05, 3.63) is 0 Å². The zero-order valence-electron chi connectivity index (χ0n) is 11.2. The second-order valence-corrected chi connectivity index (χ2v) is 7.92. The highest BCUT2D eigenvalue weighted by Gasteiger charge is 2.25. The number of sulfonamides is 1. The van der Waals surface area contributed by atoms with Gasteiger partial charge in [0.1, 0.15) is 0 Å². The average molecular weight is 298 g/mol. The van der Waals surface area contributed by atoms with Crippen LogP contribution in [0.4, 0.5) is 0 Å². The lowest BCUT2D eigenvalue weighted by Gasteiger charge is -2.24. The molecule has 0 aromatic rings. The van der Waals surface area contributed by atoms with E-state index in [9.17, 15) is 8.42 Å². The second-order valence-electron chi connectivity index (χ2n) is 5.69. The van der Waals surface area contributed by atoms with Crippen LogP contribution < -0.4 is 4.72 Å². The monoisotopic (exact) mass is 297 g/mol. The van der Waals surface area contributed by atoms with Crippen molar-refractivity contribution < 1.29 is 13.2 Å². The Hall–Kier alpha value is 0.160. The predicted molar refractivity (Wildman–Crippen MR) is 74.5 cm³/mol. The molecule has 0 amide bonds. The predicted octanol–water partition coefficient (Wildman–Crippen LogP) is 2.13. The number of hydrogen-bond acceptors (Lipinski definition) is 3. The van der Waals surface area contributed by atoms with Gasteiger partial charge in [-0.15, -0.1) is 11.6 Å². The van der Waals surface area contributed by atoms with Crippen molar-refractivity contribution >= 4 is 21.6 Å². The maximum atomic E-state index is 11.9. The molecule has 0 aliphatic carbocycles. The molecule has 0 spiro atoms. The van der Waals surface area contributed by atoms with E-state index in [2.05, 4.69) is 4.72 Å². The van der Waals surface area contributed by atoms with E-state index in [0.29, 0.717) is 19.0 Å². The summed E-state index contributed by atoms with van der Waals surface area (Å²) in [5.74, 6) is 0.699. The molecule has 1 heterocycles. The Labute approximate surface area is 115 Å². The highest BCUT2D eigenvalue weighted by atomic mass is 35.5. The molecule has 1 unspecified atom stereocenters. The summed E-state index contributed by atoms with van der Waals surface area (Å²) in [6.45, 7) is 5.24. The molecule has 0 aromatic carbocycles. The maximum Gasteiger partial charge on any atom is 0.214 e. The summed E-state index contributed by atoms with van der Waals surface area (Å²) in [6, 6.07) is 0. The smallest absolute Gasteiger partial charge is 0.214 e. The molecule has 1 N–H and O–H groups in total. The number of hydrogen-bond donors (Lipinski definition) is 1. The first-order valence-electron chi connectivity index (χ1n) is 6.49. The van der Waals surface area contributed by atoms with E-state index in [1.54, 1.807) is 0 Å². The number of ether oxygens (including phenoxy) is 1. The highest BCUT2D eigenvalue weighted by Crippen LogP contribution is 2.22. The number of rotatable bonds is 8. The molecule has 1 aliphatic rings. The Kier molecular flexibility index (Phi) is 6.38. The van der Waals surface area contributed by atoms with E-state index < -0.39 is 10.0 Å². The first-order valence-corrected chi connectivity index (χ1v) is 8.68. The number of alkyl halides is 1. The zero-order valence-corrected chi connectivity index (χ0v) is 12.8. The summed E-state index contributed by atoms with van der Waals surface area (Å²) in [4.78, 5) is 0. The molecule has 1 rings (SSSR count). The third-order valence-corrected chi connectivity index (χ3v) is 4.85. The zero-order chi connectivity index (χ0) is 13.6. The molecular weight excluding hydrogens is 274 g/mol. The summed E-state index contributed by atoms with van der Waals surface area (Å²) < 4.78 is 31.8. The fraction of sp³-hybridized carbons (Fsp3) is 1.00.